The third kappa shape index (κ3) is 7.04. The lowest BCUT2D eigenvalue weighted by Gasteiger charge is -2.36. The largest absolute Gasteiger partial charge is 0.497 e. The molecule has 2 aliphatic heterocycles. The zero-order chi connectivity index (χ0) is 28.8. The lowest BCUT2D eigenvalue weighted by molar-refractivity contribution is -0.131. The Labute approximate surface area is 244 Å². The van der Waals surface area contributed by atoms with Crippen molar-refractivity contribution >= 4 is 40.5 Å². The summed E-state index contributed by atoms with van der Waals surface area (Å²) in [6, 6.07) is 16.5. The molecule has 2 aliphatic rings. The molecule has 3 aromatic rings. The van der Waals surface area contributed by atoms with E-state index < -0.39 is 6.04 Å². The van der Waals surface area contributed by atoms with E-state index in [1.807, 2.05) is 17.0 Å². The Bertz CT molecular complexity index is 1330. The van der Waals surface area contributed by atoms with Gasteiger partial charge in [0, 0.05) is 44.1 Å². The molecule has 0 unspecified atom stereocenters. The van der Waals surface area contributed by atoms with Crippen molar-refractivity contribution in [3.05, 3.63) is 78.5 Å². The quantitative estimate of drug-likeness (QED) is 0.342. The summed E-state index contributed by atoms with van der Waals surface area (Å²) >= 11 is 5.74. The molecule has 9 nitrogen and oxygen atoms in total. The maximum Gasteiger partial charge on any atom is 0.252 e. The van der Waals surface area contributed by atoms with Crippen molar-refractivity contribution in [2.75, 3.05) is 56.6 Å². The molecule has 0 saturated carbocycles. The summed E-state index contributed by atoms with van der Waals surface area (Å²) in [6.07, 6.45) is 2.33. The fourth-order valence-electron chi connectivity index (χ4n) is 5.26. The van der Waals surface area contributed by atoms with E-state index in [9.17, 15) is 14.0 Å². The molecular formula is C30H34FN5O4S. The van der Waals surface area contributed by atoms with Crippen LogP contribution in [0.5, 0.6) is 5.75 Å². The number of amides is 2. The molecule has 2 fully saturated rings. The number of nitrogens with zero attached hydrogens (tertiary/aromatic N) is 4. The lowest BCUT2D eigenvalue weighted by atomic mass is 10.1. The zero-order valence-electron chi connectivity index (χ0n) is 23.0. The molecule has 1 atom stereocenters. The van der Waals surface area contributed by atoms with Crippen LogP contribution in [0.15, 0.2) is 71.3 Å². The van der Waals surface area contributed by atoms with E-state index in [1.165, 1.54) is 17.0 Å². The van der Waals surface area contributed by atoms with Crippen molar-refractivity contribution in [3.63, 3.8) is 0 Å². The number of halogens is 1. The van der Waals surface area contributed by atoms with E-state index in [-0.39, 0.29) is 30.6 Å². The third-order valence-electron chi connectivity index (χ3n) is 7.49. The molecule has 2 aromatic carbocycles. The number of hydrogen-bond acceptors (Lipinski definition) is 7. The van der Waals surface area contributed by atoms with Crippen molar-refractivity contribution in [2.24, 2.45) is 0 Å². The molecule has 2 saturated heterocycles. The Balaban J connectivity index is 1.18. The summed E-state index contributed by atoms with van der Waals surface area (Å²) in [4.78, 5) is 34.5. The van der Waals surface area contributed by atoms with Gasteiger partial charge in [0.15, 0.2) is 5.11 Å². The Morgan fingerprint density at radius 2 is 1.78 bits per heavy atom. The second-order valence-corrected chi connectivity index (χ2v) is 10.5. The van der Waals surface area contributed by atoms with Crippen LogP contribution in [0, 0.1) is 5.82 Å². The van der Waals surface area contributed by atoms with Gasteiger partial charge < -0.3 is 24.3 Å². The van der Waals surface area contributed by atoms with Gasteiger partial charge in [-0.25, -0.2) is 4.39 Å². The Morgan fingerprint density at radius 1 is 1.05 bits per heavy atom. The van der Waals surface area contributed by atoms with Gasteiger partial charge in [0.1, 0.15) is 23.4 Å². The number of piperazine rings is 1. The average molecular weight is 580 g/mol. The van der Waals surface area contributed by atoms with E-state index in [2.05, 4.69) is 15.1 Å². The van der Waals surface area contributed by atoms with Crippen LogP contribution >= 0.6 is 12.2 Å². The van der Waals surface area contributed by atoms with Gasteiger partial charge in [-0.2, -0.15) is 0 Å². The zero-order valence-corrected chi connectivity index (χ0v) is 23.8. The van der Waals surface area contributed by atoms with Crippen LogP contribution in [-0.2, 0) is 16.1 Å². The highest BCUT2D eigenvalue weighted by Gasteiger charge is 2.43. The van der Waals surface area contributed by atoms with Crippen molar-refractivity contribution in [1.29, 1.82) is 0 Å². The summed E-state index contributed by atoms with van der Waals surface area (Å²) in [5.74, 6) is 0.617. The molecule has 11 heteroatoms. The number of anilines is 2. The molecule has 5 rings (SSSR count). The number of thiocarbonyl (C=S) groups is 1. The van der Waals surface area contributed by atoms with E-state index in [0.29, 0.717) is 28.9 Å². The fourth-order valence-corrected chi connectivity index (χ4v) is 5.63. The minimum Gasteiger partial charge on any atom is -0.497 e. The molecule has 0 spiro atoms. The highest BCUT2D eigenvalue weighted by atomic mass is 32.1. The van der Waals surface area contributed by atoms with Crippen molar-refractivity contribution < 1.29 is 23.1 Å². The second-order valence-electron chi connectivity index (χ2n) is 10.1. The van der Waals surface area contributed by atoms with E-state index in [0.717, 1.165) is 44.8 Å². The first kappa shape index (κ1) is 28.6. The van der Waals surface area contributed by atoms with Crippen LogP contribution < -0.4 is 15.0 Å². The van der Waals surface area contributed by atoms with Crippen molar-refractivity contribution in [3.8, 4) is 5.75 Å². The number of benzene rings is 2. The summed E-state index contributed by atoms with van der Waals surface area (Å²) in [6.45, 7) is 5.11. The molecule has 3 heterocycles. The first-order valence-corrected chi connectivity index (χ1v) is 14.1. The van der Waals surface area contributed by atoms with Crippen LogP contribution in [0.4, 0.5) is 15.8 Å². The van der Waals surface area contributed by atoms with Gasteiger partial charge in [0.05, 0.1) is 26.3 Å². The number of nitrogens with one attached hydrogen (secondary N) is 1. The van der Waals surface area contributed by atoms with E-state index >= 15 is 0 Å². The van der Waals surface area contributed by atoms with Gasteiger partial charge in [-0.1, -0.05) is 0 Å². The molecule has 41 heavy (non-hydrogen) atoms. The van der Waals surface area contributed by atoms with Crippen LogP contribution in [0.2, 0.25) is 0 Å². The van der Waals surface area contributed by atoms with Gasteiger partial charge in [-0.3, -0.25) is 19.4 Å². The number of carbonyl (C=O) groups is 2. The molecule has 1 aromatic heterocycles. The molecule has 216 valence electrons. The summed E-state index contributed by atoms with van der Waals surface area (Å²) in [7, 11) is 1.58. The SMILES string of the molecule is COc1ccc(NC(=O)C[C@@H]2C(=O)N(Cc3ccco3)C(=S)N2CCCN2CCN(c3ccc(F)cc3)CC2)cc1. The molecule has 0 bridgehead atoms. The van der Waals surface area contributed by atoms with Gasteiger partial charge in [0.2, 0.25) is 5.91 Å². The number of methoxy groups -OCH3 is 1. The molecular weight excluding hydrogens is 545 g/mol. The highest BCUT2D eigenvalue weighted by molar-refractivity contribution is 7.80. The molecule has 1 N–H and O–H groups in total. The van der Waals surface area contributed by atoms with E-state index in [1.54, 1.807) is 49.8 Å². The van der Waals surface area contributed by atoms with Gasteiger partial charge >= 0.3 is 0 Å². The van der Waals surface area contributed by atoms with Gasteiger partial charge in [-0.05, 0) is 85.8 Å². The first-order valence-electron chi connectivity index (χ1n) is 13.7. The van der Waals surface area contributed by atoms with Crippen LogP contribution in [-0.4, -0.2) is 84.0 Å². The standard InChI is InChI=1S/C30H34FN5O4S/c1-39-25-11-7-23(8-12-25)32-28(37)20-27-29(38)36(21-26-4-2-19-40-26)30(41)35(27)14-3-13-33-15-17-34(18-16-33)24-9-5-22(31)6-10-24/h2,4-12,19,27H,3,13-18,20-21H2,1H3,(H,32,37)/t27-/m1/s1. The first-order chi connectivity index (χ1) is 19.9. The number of rotatable bonds is 11. The predicted octanol–water partition coefficient (Wildman–Crippen LogP) is 3.97. The maximum absolute atomic E-state index is 13.5. The summed E-state index contributed by atoms with van der Waals surface area (Å²) < 4.78 is 23.9. The minimum atomic E-state index is -0.689. The normalized spacial score (nSPS) is 17.8. The number of ether oxygens (including phenoxy) is 1. The lowest BCUT2D eigenvalue weighted by Crippen LogP contribution is -2.47. The summed E-state index contributed by atoms with van der Waals surface area (Å²) in [5.41, 5.74) is 1.65. The van der Waals surface area contributed by atoms with Crippen molar-refractivity contribution in [2.45, 2.75) is 25.4 Å². The average Bonchev–Trinajstić information content (AvgIpc) is 3.58. The third-order valence-corrected chi connectivity index (χ3v) is 7.94. The monoisotopic (exact) mass is 579 g/mol. The van der Waals surface area contributed by atoms with Crippen LogP contribution in [0.3, 0.4) is 0 Å². The minimum absolute atomic E-state index is 0.0179. The number of furan rings is 1. The smallest absolute Gasteiger partial charge is 0.252 e. The second kappa shape index (κ2) is 13.1. The maximum atomic E-state index is 13.5. The highest BCUT2D eigenvalue weighted by Crippen LogP contribution is 2.25. The van der Waals surface area contributed by atoms with Gasteiger partial charge in [0.25, 0.3) is 5.91 Å². The molecule has 2 amide bonds. The van der Waals surface area contributed by atoms with Crippen LogP contribution in [0.25, 0.3) is 0 Å². The fraction of sp³-hybridized carbons (Fsp3) is 0.367. The van der Waals surface area contributed by atoms with Crippen molar-refractivity contribution in [1.82, 2.24) is 14.7 Å². The molecule has 0 radical (unpaired) electrons. The Kier molecular flexibility index (Phi) is 9.15. The summed E-state index contributed by atoms with van der Waals surface area (Å²) in [5, 5.41) is 3.29. The Hall–Kier alpha value is -3.96. The topological polar surface area (TPSA) is 81.5 Å². The molecule has 0 aliphatic carbocycles. The number of hydrogen-bond donors (Lipinski definition) is 1. The Morgan fingerprint density at radius 3 is 2.44 bits per heavy atom. The predicted molar refractivity (Wildman–Crippen MR) is 158 cm³/mol. The van der Waals surface area contributed by atoms with Gasteiger partial charge in [-0.15, -0.1) is 0 Å². The van der Waals surface area contributed by atoms with Crippen LogP contribution in [0.1, 0.15) is 18.6 Å². The number of carbonyl (C=O) groups excluding carboxylic acids is 2. The van der Waals surface area contributed by atoms with E-state index in [4.69, 9.17) is 21.4 Å².